The van der Waals surface area contributed by atoms with Crippen molar-refractivity contribution in [3.8, 4) is 5.75 Å². The summed E-state index contributed by atoms with van der Waals surface area (Å²) in [6.07, 6.45) is 4.65. The van der Waals surface area contributed by atoms with Gasteiger partial charge in [-0.1, -0.05) is 40.7 Å². The molecular weight excluding hydrogens is 414 g/mol. The number of carbonyl (C=O) groups is 1. The van der Waals surface area contributed by atoms with Gasteiger partial charge in [-0.05, 0) is 77.5 Å². The molecule has 0 bridgehead atoms. The van der Waals surface area contributed by atoms with Crippen LogP contribution in [0.25, 0.3) is 5.57 Å². The van der Waals surface area contributed by atoms with E-state index in [9.17, 15) is 9.18 Å². The van der Waals surface area contributed by atoms with Gasteiger partial charge in [0.25, 0.3) is 0 Å². The summed E-state index contributed by atoms with van der Waals surface area (Å²) in [5.41, 5.74) is 3.08. The zero-order valence-corrected chi connectivity index (χ0v) is 20.1. The molecule has 0 unspecified atom stereocenters. The number of fused-ring (bicyclic) bond motifs is 1. The maximum absolute atomic E-state index is 15.3. The third-order valence-corrected chi connectivity index (χ3v) is 6.27. The van der Waals surface area contributed by atoms with Crippen LogP contribution in [0.4, 0.5) is 8.78 Å². The van der Waals surface area contributed by atoms with Crippen LogP contribution in [0.3, 0.4) is 0 Å². The first kappa shape index (κ1) is 25.8. The second-order valence-electron chi connectivity index (χ2n) is 9.53. The first-order chi connectivity index (χ1) is 14.9. The number of allylic oxidation sites excluding steroid dienone is 5. The van der Waals surface area contributed by atoms with Crippen LogP contribution in [0.1, 0.15) is 77.5 Å². The minimum Gasteiger partial charge on any atom is -0.476 e. The van der Waals surface area contributed by atoms with E-state index in [1.807, 2.05) is 19.1 Å². The number of hydrogen-bond donors (Lipinski definition) is 1. The van der Waals surface area contributed by atoms with E-state index in [2.05, 4.69) is 27.7 Å². The van der Waals surface area contributed by atoms with Gasteiger partial charge >= 0.3 is 5.97 Å². The van der Waals surface area contributed by atoms with Crippen LogP contribution in [-0.2, 0) is 20.4 Å². The molecule has 176 valence electrons. The van der Waals surface area contributed by atoms with E-state index in [0.717, 1.165) is 30.6 Å². The van der Waals surface area contributed by atoms with Crippen molar-refractivity contribution in [1.82, 2.24) is 0 Å². The van der Waals surface area contributed by atoms with E-state index in [0.29, 0.717) is 23.3 Å². The van der Waals surface area contributed by atoms with Crippen LogP contribution >= 0.6 is 0 Å². The number of carboxylic acids is 1. The van der Waals surface area contributed by atoms with E-state index < -0.39 is 17.6 Å². The van der Waals surface area contributed by atoms with Gasteiger partial charge in [0, 0.05) is 12.7 Å². The summed E-state index contributed by atoms with van der Waals surface area (Å²) in [6, 6.07) is 4.00. The van der Waals surface area contributed by atoms with Gasteiger partial charge in [0.2, 0.25) is 5.83 Å². The summed E-state index contributed by atoms with van der Waals surface area (Å²) in [5.74, 6) is -3.03. The van der Waals surface area contributed by atoms with Crippen LogP contribution in [0.15, 0.2) is 41.5 Å². The molecule has 1 aliphatic rings. The predicted molar refractivity (Wildman–Crippen MR) is 123 cm³/mol. The molecule has 0 saturated heterocycles. The van der Waals surface area contributed by atoms with Gasteiger partial charge in [-0.15, -0.1) is 0 Å². The smallest absolute Gasteiger partial charge is 0.365 e. The summed E-state index contributed by atoms with van der Waals surface area (Å²) in [4.78, 5) is 10.8. The number of ether oxygens (including phenoxy) is 2. The van der Waals surface area contributed by atoms with E-state index >= 15 is 4.39 Å². The molecule has 1 N–H and O–H groups in total. The highest BCUT2D eigenvalue weighted by Gasteiger charge is 2.38. The second kappa shape index (κ2) is 9.99. The second-order valence-corrected chi connectivity index (χ2v) is 9.53. The van der Waals surface area contributed by atoms with Gasteiger partial charge in [0.15, 0.2) is 6.79 Å². The number of hydrogen-bond acceptors (Lipinski definition) is 3. The first-order valence-electron chi connectivity index (χ1n) is 10.8. The Labute approximate surface area is 189 Å². The highest BCUT2D eigenvalue weighted by molar-refractivity contribution is 5.85. The molecular formula is C26H34F2O4. The summed E-state index contributed by atoms with van der Waals surface area (Å²) in [6.45, 7) is 11.9. The minimum absolute atomic E-state index is 0.0235. The molecule has 0 heterocycles. The van der Waals surface area contributed by atoms with Gasteiger partial charge in [-0.2, -0.15) is 4.39 Å². The number of benzene rings is 1. The molecule has 1 aliphatic carbocycles. The number of halogens is 2. The Bertz CT molecular complexity index is 968. The molecule has 6 heteroatoms. The fraction of sp³-hybridized carbons (Fsp3) is 0.500. The van der Waals surface area contributed by atoms with Crippen LogP contribution in [0.5, 0.6) is 5.75 Å². The SMILES string of the molecule is CCC(=C(F)C=CC(C)=C(F)C(=O)O)c1cc2c(cc1OCOC)C(C)(C)CCC2(C)C. The van der Waals surface area contributed by atoms with Crippen molar-refractivity contribution in [3.63, 3.8) is 0 Å². The zero-order valence-electron chi connectivity index (χ0n) is 20.1. The highest BCUT2D eigenvalue weighted by Crippen LogP contribution is 2.49. The molecule has 0 radical (unpaired) electrons. The van der Waals surface area contributed by atoms with Gasteiger partial charge in [0.1, 0.15) is 11.6 Å². The predicted octanol–water partition coefficient (Wildman–Crippen LogP) is 6.99. The minimum atomic E-state index is -1.68. The van der Waals surface area contributed by atoms with Gasteiger partial charge in [0.05, 0.1) is 0 Å². The van der Waals surface area contributed by atoms with Crippen molar-refractivity contribution in [1.29, 1.82) is 0 Å². The maximum Gasteiger partial charge on any atom is 0.365 e. The Hall–Kier alpha value is -2.47. The van der Waals surface area contributed by atoms with E-state index in [1.54, 1.807) is 0 Å². The fourth-order valence-corrected chi connectivity index (χ4v) is 4.10. The molecule has 0 saturated carbocycles. The molecule has 4 nitrogen and oxygen atoms in total. The summed E-state index contributed by atoms with van der Waals surface area (Å²) >= 11 is 0. The van der Waals surface area contributed by atoms with Crippen molar-refractivity contribution in [3.05, 3.63) is 58.2 Å². The highest BCUT2D eigenvalue weighted by atomic mass is 19.1. The summed E-state index contributed by atoms with van der Waals surface area (Å²) < 4.78 is 39.8. The normalized spacial score (nSPS) is 18.7. The standard InChI is InChI=1S/C26H34F2O4/c1-8-17(21(27)10-9-16(2)23(28)24(29)30)18-13-19-20(14-22(18)32-15-31-7)26(5,6)12-11-25(19,3)4/h9-10,13-14H,8,11-12,15H2,1-7H3,(H,29,30). The summed E-state index contributed by atoms with van der Waals surface area (Å²) in [7, 11) is 1.52. The molecule has 0 atom stereocenters. The van der Waals surface area contributed by atoms with Crippen molar-refractivity contribution in [2.75, 3.05) is 13.9 Å². The Balaban J connectivity index is 2.70. The maximum atomic E-state index is 15.3. The number of rotatable bonds is 8. The average Bonchev–Trinajstić information content (AvgIpc) is 2.73. The fourth-order valence-electron chi connectivity index (χ4n) is 4.10. The lowest BCUT2D eigenvalue weighted by Gasteiger charge is -2.42. The van der Waals surface area contributed by atoms with E-state index in [1.165, 1.54) is 19.6 Å². The van der Waals surface area contributed by atoms with Crippen LogP contribution in [-0.4, -0.2) is 25.0 Å². The lowest BCUT2D eigenvalue weighted by atomic mass is 9.62. The molecule has 32 heavy (non-hydrogen) atoms. The number of methoxy groups -OCH3 is 1. The molecule has 1 aromatic carbocycles. The van der Waals surface area contributed by atoms with Crippen molar-refractivity contribution in [2.45, 2.75) is 71.6 Å². The van der Waals surface area contributed by atoms with Gasteiger partial charge < -0.3 is 14.6 Å². The van der Waals surface area contributed by atoms with Crippen LogP contribution in [0.2, 0.25) is 0 Å². The topological polar surface area (TPSA) is 55.8 Å². The molecule has 0 spiro atoms. The summed E-state index contributed by atoms with van der Waals surface area (Å²) in [5, 5.41) is 8.77. The molecule has 2 rings (SSSR count). The Morgan fingerprint density at radius 1 is 1.09 bits per heavy atom. The van der Waals surface area contributed by atoms with Gasteiger partial charge in [-0.3, -0.25) is 0 Å². The van der Waals surface area contributed by atoms with Crippen molar-refractivity contribution < 1.29 is 28.2 Å². The molecule has 1 aromatic rings. The largest absolute Gasteiger partial charge is 0.476 e. The molecule has 0 amide bonds. The number of carboxylic acid groups (broad SMARTS) is 1. The molecule has 0 aliphatic heterocycles. The zero-order chi connectivity index (χ0) is 24.3. The monoisotopic (exact) mass is 448 g/mol. The Morgan fingerprint density at radius 3 is 2.16 bits per heavy atom. The Kier molecular flexibility index (Phi) is 8.05. The van der Waals surface area contributed by atoms with E-state index in [4.69, 9.17) is 14.6 Å². The third-order valence-electron chi connectivity index (χ3n) is 6.27. The quantitative estimate of drug-likeness (QED) is 0.264. The van der Waals surface area contributed by atoms with Gasteiger partial charge in [-0.25, -0.2) is 9.18 Å². The van der Waals surface area contributed by atoms with Crippen molar-refractivity contribution in [2.24, 2.45) is 0 Å². The van der Waals surface area contributed by atoms with Crippen LogP contribution in [0, 0.1) is 0 Å². The first-order valence-corrected chi connectivity index (χ1v) is 10.8. The van der Waals surface area contributed by atoms with Crippen LogP contribution < -0.4 is 4.74 Å². The number of aliphatic carboxylic acids is 1. The lowest BCUT2D eigenvalue weighted by molar-refractivity contribution is -0.134. The Morgan fingerprint density at radius 2 is 1.66 bits per heavy atom. The average molecular weight is 449 g/mol. The van der Waals surface area contributed by atoms with Crippen molar-refractivity contribution >= 4 is 11.5 Å². The lowest BCUT2D eigenvalue weighted by Crippen LogP contribution is -2.34. The van der Waals surface area contributed by atoms with E-state index in [-0.39, 0.29) is 23.2 Å². The molecule has 0 fully saturated rings. The third kappa shape index (κ3) is 5.47. The molecule has 0 aromatic heterocycles.